The first-order valence-corrected chi connectivity index (χ1v) is 9.44. The lowest BCUT2D eigenvalue weighted by Gasteiger charge is -2.18. The summed E-state index contributed by atoms with van der Waals surface area (Å²) in [4.78, 5) is 14.3. The van der Waals surface area contributed by atoms with Crippen molar-refractivity contribution in [3.05, 3.63) is 29.8 Å². The maximum absolute atomic E-state index is 12.2. The zero-order valence-corrected chi connectivity index (χ0v) is 15.4. The molecule has 2 rings (SSSR count). The fraction of sp³-hybridized carbons (Fsp3) is 0.579. The molecule has 0 radical (unpaired) electrons. The van der Waals surface area contributed by atoms with Gasteiger partial charge in [0.1, 0.15) is 5.75 Å². The number of hydrogen-bond donors (Lipinski definition) is 1. The first-order chi connectivity index (χ1) is 11.7. The third kappa shape index (κ3) is 6.11. The van der Waals surface area contributed by atoms with Crippen LogP contribution in [0.2, 0.25) is 0 Å². The van der Waals surface area contributed by atoms with Crippen molar-refractivity contribution in [1.82, 2.24) is 10.2 Å². The van der Waals surface area contributed by atoms with E-state index in [4.69, 9.17) is 17.0 Å². The number of amides is 1. The van der Waals surface area contributed by atoms with Crippen molar-refractivity contribution in [3.63, 3.8) is 0 Å². The summed E-state index contributed by atoms with van der Waals surface area (Å²) in [6.07, 6.45) is 8.39. The van der Waals surface area contributed by atoms with Crippen molar-refractivity contribution >= 4 is 23.2 Å². The fourth-order valence-corrected chi connectivity index (χ4v) is 3.04. The summed E-state index contributed by atoms with van der Waals surface area (Å²) in [5, 5.41) is 3.34. The van der Waals surface area contributed by atoms with E-state index in [1.165, 1.54) is 25.7 Å². The topological polar surface area (TPSA) is 41.6 Å². The van der Waals surface area contributed by atoms with Crippen LogP contribution in [0.1, 0.15) is 62.2 Å². The van der Waals surface area contributed by atoms with E-state index in [2.05, 4.69) is 12.2 Å². The Hall–Kier alpha value is -1.62. The van der Waals surface area contributed by atoms with Crippen LogP contribution in [0.15, 0.2) is 24.3 Å². The van der Waals surface area contributed by atoms with Gasteiger partial charge < -0.3 is 9.64 Å². The second-order valence-corrected chi connectivity index (χ2v) is 6.63. The molecule has 1 aromatic rings. The van der Waals surface area contributed by atoms with Crippen LogP contribution in [0.25, 0.3) is 0 Å². The normalized spacial score (nSPS) is 13.8. The molecule has 1 fully saturated rings. The van der Waals surface area contributed by atoms with E-state index in [0.717, 1.165) is 44.7 Å². The van der Waals surface area contributed by atoms with Crippen LogP contribution in [-0.4, -0.2) is 35.6 Å². The number of nitrogens with zero attached hydrogens (tertiary/aromatic N) is 1. The van der Waals surface area contributed by atoms with Crippen molar-refractivity contribution < 1.29 is 9.53 Å². The maximum Gasteiger partial charge on any atom is 0.257 e. The molecular weight excluding hydrogens is 320 g/mol. The molecule has 24 heavy (non-hydrogen) atoms. The monoisotopic (exact) mass is 348 g/mol. The quantitative estimate of drug-likeness (QED) is 0.566. The molecule has 132 valence electrons. The molecule has 0 bridgehead atoms. The summed E-state index contributed by atoms with van der Waals surface area (Å²) < 4.78 is 5.72. The molecule has 1 aliphatic heterocycles. The van der Waals surface area contributed by atoms with E-state index < -0.39 is 0 Å². The molecule has 1 amide bonds. The molecule has 1 saturated heterocycles. The van der Waals surface area contributed by atoms with Gasteiger partial charge in [0.2, 0.25) is 0 Å². The number of rotatable bonds is 8. The standard InChI is InChI=1S/C19H28N2O2S/c1-2-3-4-5-8-15-23-17-11-9-16(10-12-17)18(22)20-19(24)21-13-6-7-14-21/h9-12H,2-8,13-15H2,1H3,(H,20,22,24). The SMILES string of the molecule is CCCCCCCOc1ccc(C(=O)NC(=S)N2CCCC2)cc1. The van der Waals surface area contributed by atoms with E-state index in [0.29, 0.717) is 10.7 Å². The highest BCUT2D eigenvalue weighted by Crippen LogP contribution is 2.14. The van der Waals surface area contributed by atoms with Gasteiger partial charge in [0.25, 0.3) is 5.91 Å². The average Bonchev–Trinajstić information content (AvgIpc) is 3.13. The van der Waals surface area contributed by atoms with Crippen LogP contribution < -0.4 is 10.1 Å². The lowest BCUT2D eigenvalue weighted by atomic mass is 10.2. The molecular formula is C19H28N2O2S. The van der Waals surface area contributed by atoms with Crippen molar-refractivity contribution in [3.8, 4) is 5.75 Å². The van der Waals surface area contributed by atoms with E-state index in [9.17, 15) is 4.79 Å². The molecule has 0 aliphatic carbocycles. The number of hydrogen-bond acceptors (Lipinski definition) is 3. The summed E-state index contributed by atoms with van der Waals surface area (Å²) in [7, 11) is 0. The van der Waals surface area contributed by atoms with Crippen LogP contribution in [-0.2, 0) is 0 Å². The lowest BCUT2D eigenvalue weighted by Crippen LogP contribution is -2.41. The number of ether oxygens (including phenoxy) is 1. The number of nitrogens with one attached hydrogen (secondary N) is 1. The van der Waals surface area contributed by atoms with Gasteiger partial charge in [0.05, 0.1) is 6.61 Å². The van der Waals surface area contributed by atoms with Gasteiger partial charge in [-0.25, -0.2) is 0 Å². The molecule has 1 heterocycles. The Kier molecular flexibility index (Phi) is 8.02. The molecule has 0 aromatic heterocycles. The minimum Gasteiger partial charge on any atom is -0.494 e. The summed E-state index contributed by atoms with van der Waals surface area (Å²) in [5.41, 5.74) is 0.604. The van der Waals surface area contributed by atoms with Crippen LogP contribution >= 0.6 is 12.2 Å². The fourth-order valence-electron chi connectivity index (χ4n) is 2.77. The van der Waals surface area contributed by atoms with Gasteiger partial charge in [-0.2, -0.15) is 0 Å². The van der Waals surface area contributed by atoms with Crippen molar-refractivity contribution in [2.24, 2.45) is 0 Å². The lowest BCUT2D eigenvalue weighted by molar-refractivity contribution is 0.0974. The Morgan fingerprint density at radius 1 is 1.12 bits per heavy atom. The number of unbranched alkanes of at least 4 members (excludes halogenated alkanes) is 4. The van der Waals surface area contributed by atoms with E-state index >= 15 is 0 Å². The highest BCUT2D eigenvalue weighted by molar-refractivity contribution is 7.80. The first-order valence-electron chi connectivity index (χ1n) is 9.04. The van der Waals surface area contributed by atoms with Gasteiger partial charge in [0, 0.05) is 18.7 Å². The molecule has 0 unspecified atom stereocenters. The Morgan fingerprint density at radius 3 is 2.46 bits per heavy atom. The van der Waals surface area contributed by atoms with Crippen molar-refractivity contribution in [2.75, 3.05) is 19.7 Å². The molecule has 0 saturated carbocycles. The maximum atomic E-state index is 12.2. The minimum absolute atomic E-state index is 0.155. The summed E-state index contributed by atoms with van der Waals surface area (Å²) in [5.74, 6) is 0.655. The van der Waals surface area contributed by atoms with E-state index in [1.54, 1.807) is 12.1 Å². The van der Waals surface area contributed by atoms with Gasteiger partial charge in [-0.05, 0) is 55.7 Å². The van der Waals surface area contributed by atoms with Gasteiger partial charge in [-0.1, -0.05) is 32.6 Å². The number of likely N-dealkylation sites (tertiary alicyclic amines) is 1. The molecule has 1 aliphatic rings. The number of benzene rings is 1. The van der Waals surface area contributed by atoms with Crippen LogP contribution in [0.4, 0.5) is 0 Å². The third-order valence-electron chi connectivity index (χ3n) is 4.25. The average molecular weight is 349 g/mol. The van der Waals surface area contributed by atoms with Gasteiger partial charge >= 0.3 is 0 Å². The third-order valence-corrected chi connectivity index (χ3v) is 4.61. The summed E-state index contributed by atoms with van der Waals surface area (Å²) in [6.45, 7) is 4.81. The van der Waals surface area contributed by atoms with E-state index in [1.807, 2.05) is 17.0 Å². The molecule has 1 aromatic carbocycles. The zero-order chi connectivity index (χ0) is 17.2. The smallest absolute Gasteiger partial charge is 0.257 e. The second-order valence-electron chi connectivity index (χ2n) is 6.24. The van der Waals surface area contributed by atoms with Gasteiger partial charge in [-0.3, -0.25) is 10.1 Å². The minimum atomic E-state index is -0.155. The highest BCUT2D eigenvalue weighted by atomic mass is 32.1. The van der Waals surface area contributed by atoms with Crippen LogP contribution in [0.3, 0.4) is 0 Å². The van der Waals surface area contributed by atoms with Crippen molar-refractivity contribution in [1.29, 1.82) is 0 Å². The van der Waals surface area contributed by atoms with Crippen LogP contribution in [0.5, 0.6) is 5.75 Å². The predicted molar refractivity (Wildman–Crippen MR) is 102 cm³/mol. The van der Waals surface area contributed by atoms with Crippen LogP contribution in [0, 0.1) is 0 Å². The number of thiocarbonyl (C=S) groups is 1. The van der Waals surface area contributed by atoms with Crippen molar-refractivity contribution in [2.45, 2.75) is 51.9 Å². The largest absolute Gasteiger partial charge is 0.494 e. The van der Waals surface area contributed by atoms with Gasteiger partial charge in [0.15, 0.2) is 5.11 Å². The molecule has 1 N–H and O–H groups in total. The Balaban J connectivity index is 1.72. The Labute approximate surface area is 150 Å². The Morgan fingerprint density at radius 2 is 1.79 bits per heavy atom. The highest BCUT2D eigenvalue weighted by Gasteiger charge is 2.17. The Bertz CT molecular complexity index is 525. The van der Waals surface area contributed by atoms with E-state index in [-0.39, 0.29) is 5.91 Å². The molecule has 5 heteroatoms. The number of carbonyl (C=O) groups excluding carboxylic acids is 1. The first kappa shape index (κ1) is 18.7. The second kappa shape index (κ2) is 10.3. The molecule has 4 nitrogen and oxygen atoms in total. The summed E-state index contributed by atoms with van der Waals surface area (Å²) >= 11 is 5.29. The molecule has 0 spiro atoms. The molecule has 0 atom stereocenters. The zero-order valence-electron chi connectivity index (χ0n) is 14.6. The summed E-state index contributed by atoms with van der Waals surface area (Å²) in [6, 6.07) is 7.27. The van der Waals surface area contributed by atoms with Gasteiger partial charge in [-0.15, -0.1) is 0 Å². The predicted octanol–water partition coefficient (Wildman–Crippen LogP) is 4.15. The number of carbonyl (C=O) groups is 1.